The van der Waals surface area contributed by atoms with Crippen LogP contribution >= 0.6 is 11.8 Å². The number of hydrogen-bond acceptors (Lipinski definition) is 5. The van der Waals surface area contributed by atoms with Crippen molar-refractivity contribution in [2.75, 3.05) is 20.3 Å². The van der Waals surface area contributed by atoms with Gasteiger partial charge in [0.2, 0.25) is 0 Å². The summed E-state index contributed by atoms with van der Waals surface area (Å²) in [6.07, 6.45) is 4.01. The van der Waals surface area contributed by atoms with Gasteiger partial charge in [-0.15, -0.1) is 0 Å². The molecule has 0 radical (unpaired) electrons. The van der Waals surface area contributed by atoms with Crippen LogP contribution in [0.15, 0.2) is 65.0 Å². The lowest BCUT2D eigenvalue weighted by molar-refractivity contribution is -0.110. The third-order valence-electron chi connectivity index (χ3n) is 4.28. The molecule has 1 aromatic carbocycles. The fraction of sp³-hybridized carbons (Fsp3) is 0.333. The van der Waals surface area contributed by atoms with E-state index in [1.807, 2.05) is 35.7 Å². The topological polar surface area (TPSA) is 53.4 Å². The van der Waals surface area contributed by atoms with Crippen molar-refractivity contribution in [3.8, 4) is 0 Å². The number of aliphatic hydroxyl groups excluding tert-OH is 1. The highest BCUT2D eigenvalue weighted by Crippen LogP contribution is 2.30. The maximum absolute atomic E-state index is 13.4. The lowest BCUT2D eigenvalue weighted by Crippen LogP contribution is -2.29. The van der Waals surface area contributed by atoms with Gasteiger partial charge in [-0.1, -0.05) is 42.1 Å². The molecule has 28 heavy (non-hydrogen) atoms. The van der Waals surface area contributed by atoms with Crippen LogP contribution in [0.5, 0.6) is 0 Å². The van der Waals surface area contributed by atoms with E-state index in [2.05, 4.69) is 4.98 Å². The number of benzene rings is 1. The van der Waals surface area contributed by atoms with Crippen molar-refractivity contribution >= 4 is 18.0 Å². The lowest BCUT2D eigenvalue weighted by Gasteiger charge is -2.26. The van der Waals surface area contributed by atoms with Crippen molar-refractivity contribution in [3.05, 3.63) is 71.4 Å². The lowest BCUT2D eigenvalue weighted by atomic mass is 9.87. The standard InChI is InChI=1S/C21H24F2N2O2S/c1-21(22,23)20-9-8-16(12-24-20)19(13-25(2)15-27)17(14-26)10-11-28-18-6-4-3-5-7-18/h3-12,14,17,19,27H,13,15H2,1-2H3. The maximum atomic E-state index is 13.4. The normalized spacial score (nSPS) is 14.4. The van der Waals surface area contributed by atoms with Crippen molar-refractivity contribution in [1.29, 1.82) is 0 Å². The molecule has 2 rings (SSSR count). The van der Waals surface area contributed by atoms with Gasteiger partial charge in [-0.05, 0) is 36.2 Å². The van der Waals surface area contributed by atoms with Crippen molar-refractivity contribution < 1.29 is 18.7 Å². The molecule has 1 heterocycles. The Kier molecular flexibility index (Phi) is 8.29. The molecule has 1 N–H and O–H groups in total. The highest BCUT2D eigenvalue weighted by atomic mass is 32.2. The smallest absolute Gasteiger partial charge is 0.286 e. The van der Waals surface area contributed by atoms with Crippen LogP contribution in [0.3, 0.4) is 0 Å². The Morgan fingerprint density at radius 2 is 1.96 bits per heavy atom. The molecule has 2 unspecified atom stereocenters. The van der Waals surface area contributed by atoms with Gasteiger partial charge in [0.05, 0.1) is 6.73 Å². The molecule has 7 heteroatoms. The second-order valence-corrected chi connectivity index (χ2v) is 7.60. The highest BCUT2D eigenvalue weighted by Gasteiger charge is 2.28. The van der Waals surface area contributed by atoms with Gasteiger partial charge in [0.25, 0.3) is 5.92 Å². The molecule has 0 saturated carbocycles. The van der Waals surface area contributed by atoms with Crippen LogP contribution in [0.4, 0.5) is 8.78 Å². The number of thioether (sulfide) groups is 1. The van der Waals surface area contributed by atoms with Gasteiger partial charge >= 0.3 is 0 Å². The van der Waals surface area contributed by atoms with Crippen LogP contribution in [-0.4, -0.2) is 41.6 Å². The molecule has 0 saturated heterocycles. The molecule has 1 aromatic heterocycles. The summed E-state index contributed by atoms with van der Waals surface area (Å²) in [5.41, 5.74) is 0.350. The first-order valence-corrected chi connectivity index (χ1v) is 9.70. The Hall–Kier alpha value is -2.09. The summed E-state index contributed by atoms with van der Waals surface area (Å²) in [4.78, 5) is 18.3. The minimum Gasteiger partial charge on any atom is -0.381 e. The van der Waals surface area contributed by atoms with Gasteiger partial charge in [-0.25, -0.2) is 0 Å². The summed E-state index contributed by atoms with van der Waals surface area (Å²) in [6.45, 7) is 0.997. The molecule has 150 valence electrons. The van der Waals surface area contributed by atoms with Crippen molar-refractivity contribution in [2.24, 2.45) is 5.92 Å². The van der Waals surface area contributed by atoms with Crippen LogP contribution in [-0.2, 0) is 10.7 Å². The van der Waals surface area contributed by atoms with Crippen LogP contribution in [0.2, 0.25) is 0 Å². The Morgan fingerprint density at radius 3 is 2.50 bits per heavy atom. The summed E-state index contributed by atoms with van der Waals surface area (Å²) in [7, 11) is 1.72. The zero-order valence-electron chi connectivity index (χ0n) is 15.8. The predicted octanol–water partition coefficient (Wildman–Crippen LogP) is 4.28. The molecule has 2 aromatic rings. The van der Waals surface area contributed by atoms with Crippen molar-refractivity contribution in [1.82, 2.24) is 9.88 Å². The van der Waals surface area contributed by atoms with E-state index in [0.717, 1.165) is 18.1 Å². The minimum atomic E-state index is -3.02. The van der Waals surface area contributed by atoms with E-state index in [-0.39, 0.29) is 18.3 Å². The van der Waals surface area contributed by atoms with Crippen molar-refractivity contribution in [2.45, 2.75) is 23.7 Å². The second kappa shape index (κ2) is 10.5. The third-order valence-corrected chi connectivity index (χ3v) is 5.12. The fourth-order valence-corrected chi connectivity index (χ4v) is 3.44. The van der Waals surface area contributed by atoms with Crippen LogP contribution in [0, 0.1) is 5.92 Å². The van der Waals surface area contributed by atoms with E-state index in [9.17, 15) is 18.7 Å². The Labute approximate surface area is 168 Å². The monoisotopic (exact) mass is 406 g/mol. The zero-order valence-corrected chi connectivity index (χ0v) is 16.7. The molecular formula is C21H24F2N2O2S. The molecule has 0 fully saturated rings. The average Bonchev–Trinajstić information content (AvgIpc) is 2.70. The number of nitrogens with zero attached hydrogens (tertiary/aromatic N) is 2. The number of pyridine rings is 1. The number of likely N-dealkylation sites (N-methyl/N-ethyl adjacent to an activating group) is 1. The quantitative estimate of drug-likeness (QED) is 0.363. The summed E-state index contributed by atoms with van der Waals surface area (Å²) < 4.78 is 26.9. The SMILES string of the molecule is CN(CO)CC(c1ccc(C(C)(F)F)nc1)C(C=O)C=CSc1ccccc1. The first-order valence-electron chi connectivity index (χ1n) is 8.82. The molecular weight excluding hydrogens is 382 g/mol. The van der Waals surface area contributed by atoms with Gasteiger partial charge < -0.3 is 9.90 Å². The Morgan fingerprint density at radius 1 is 1.25 bits per heavy atom. The second-order valence-electron chi connectivity index (χ2n) is 6.62. The summed E-state index contributed by atoms with van der Waals surface area (Å²) in [5.74, 6) is -3.83. The molecule has 0 aliphatic heterocycles. The number of halogens is 2. The Bertz CT molecular complexity index is 764. The zero-order chi connectivity index (χ0) is 20.6. The van der Waals surface area contributed by atoms with Gasteiger partial charge in [-0.2, -0.15) is 8.78 Å². The van der Waals surface area contributed by atoms with Gasteiger partial charge in [-0.3, -0.25) is 9.88 Å². The predicted molar refractivity (Wildman–Crippen MR) is 107 cm³/mol. The molecule has 4 nitrogen and oxygen atoms in total. The Balaban J connectivity index is 2.23. The first-order chi connectivity index (χ1) is 13.3. The molecule has 0 aliphatic rings. The van der Waals surface area contributed by atoms with Crippen LogP contribution in [0.25, 0.3) is 0 Å². The van der Waals surface area contributed by atoms with E-state index < -0.39 is 11.8 Å². The number of hydrogen-bond donors (Lipinski definition) is 1. The number of aliphatic hydroxyl groups is 1. The summed E-state index contributed by atoms with van der Waals surface area (Å²) >= 11 is 1.49. The number of carbonyl (C=O) groups excluding carboxylic acids is 1. The van der Waals surface area contributed by atoms with E-state index in [1.54, 1.807) is 24.1 Å². The van der Waals surface area contributed by atoms with E-state index >= 15 is 0 Å². The summed E-state index contributed by atoms with van der Waals surface area (Å²) in [6, 6.07) is 12.6. The van der Waals surface area contributed by atoms with E-state index in [4.69, 9.17) is 0 Å². The molecule has 2 atom stereocenters. The van der Waals surface area contributed by atoms with Gasteiger partial charge in [0.1, 0.15) is 12.0 Å². The van der Waals surface area contributed by atoms with Gasteiger partial charge in [0.15, 0.2) is 0 Å². The largest absolute Gasteiger partial charge is 0.381 e. The van der Waals surface area contributed by atoms with E-state index in [0.29, 0.717) is 12.1 Å². The van der Waals surface area contributed by atoms with Crippen molar-refractivity contribution in [3.63, 3.8) is 0 Å². The molecule has 0 amide bonds. The third kappa shape index (κ3) is 6.51. The van der Waals surface area contributed by atoms with Crippen LogP contribution in [0.1, 0.15) is 24.1 Å². The first kappa shape index (κ1) is 22.2. The van der Waals surface area contributed by atoms with Gasteiger partial charge in [0, 0.05) is 36.4 Å². The number of aromatic nitrogens is 1. The molecule has 0 spiro atoms. The number of alkyl halides is 2. The minimum absolute atomic E-state index is 0.177. The average molecular weight is 406 g/mol. The van der Waals surface area contributed by atoms with Crippen LogP contribution < -0.4 is 0 Å². The number of allylic oxidation sites excluding steroid dienone is 1. The number of carbonyl (C=O) groups is 1. The maximum Gasteiger partial charge on any atom is 0.286 e. The fourth-order valence-electron chi connectivity index (χ4n) is 2.71. The molecule has 0 aliphatic carbocycles. The summed E-state index contributed by atoms with van der Waals surface area (Å²) in [5, 5.41) is 11.2. The molecule has 0 bridgehead atoms. The highest BCUT2D eigenvalue weighted by molar-refractivity contribution is 8.02. The number of aldehydes is 1. The van der Waals surface area contributed by atoms with E-state index in [1.165, 1.54) is 24.0 Å². The number of rotatable bonds is 10.